The Morgan fingerprint density at radius 3 is 2.21 bits per heavy atom. The van der Waals surface area contributed by atoms with Gasteiger partial charge in [-0.05, 0) is 42.3 Å². The van der Waals surface area contributed by atoms with Gasteiger partial charge < -0.3 is 27.0 Å². The summed E-state index contributed by atoms with van der Waals surface area (Å²) in [6.45, 7) is 3.62. The Balaban J connectivity index is 0.00000506. The Bertz CT molecular complexity index is 1360. The van der Waals surface area contributed by atoms with Crippen LogP contribution in [0.25, 0.3) is 5.52 Å². The zero-order valence-corrected chi connectivity index (χ0v) is 27.9. The molecule has 1 N–H and O–H groups in total. The van der Waals surface area contributed by atoms with Crippen molar-refractivity contribution in [2.24, 2.45) is 0 Å². The van der Waals surface area contributed by atoms with Crippen LogP contribution in [0.3, 0.4) is 0 Å². The molecule has 0 aliphatic heterocycles. The minimum atomic E-state index is -0.0958. The van der Waals surface area contributed by atoms with Gasteiger partial charge >= 0.3 is 0 Å². The molecular weight excluding hydrogens is 622 g/mol. The Morgan fingerprint density at radius 2 is 1.51 bits per heavy atom. The molecule has 5 nitrogen and oxygen atoms in total. The van der Waals surface area contributed by atoms with Gasteiger partial charge in [-0.25, -0.2) is 8.97 Å². The van der Waals surface area contributed by atoms with E-state index in [0.29, 0.717) is 18.2 Å². The van der Waals surface area contributed by atoms with Gasteiger partial charge in [-0.2, -0.15) is 0 Å². The molecule has 0 saturated heterocycles. The summed E-state index contributed by atoms with van der Waals surface area (Å²) < 4.78 is 10.1. The third-order valence-corrected chi connectivity index (χ3v) is 8.13. The van der Waals surface area contributed by atoms with Gasteiger partial charge in [-0.1, -0.05) is 119 Å². The second kappa shape index (κ2) is 19.4. The molecule has 4 aromatic rings. The lowest BCUT2D eigenvalue weighted by molar-refractivity contribution is -0.686. The summed E-state index contributed by atoms with van der Waals surface area (Å²) in [4.78, 5) is 13.0. The first-order valence-electron chi connectivity index (χ1n) is 15.9. The first-order valence-corrected chi connectivity index (χ1v) is 16.2. The summed E-state index contributed by atoms with van der Waals surface area (Å²) in [5, 5.41) is 3.64. The Hall–Kier alpha value is -2.83. The molecule has 1 amide bonds. The van der Waals surface area contributed by atoms with Gasteiger partial charge in [0.1, 0.15) is 18.5 Å². The van der Waals surface area contributed by atoms with Crippen LogP contribution in [0.5, 0.6) is 5.75 Å². The van der Waals surface area contributed by atoms with E-state index in [1.165, 1.54) is 70.6 Å². The number of carbonyl (C=O) groups excluding carboxylic acids is 1. The molecule has 4 rings (SSSR count). The molecule has 0 bridgehead atoms. The predicted octanol–water partition coefficient (Wildman–Crippen LogP) is 6.19. The van der Waals surface area contributed by atoms with Crippen molar-refractivity contribution in [3.8, 4) is 5.75 Å². The maximum absolute atomic E-state index is 13.0. The van der Waals surface area contributed by atoms with E-state index >= 15 is 0 Å². The molecule has 0 fully saturated rings. The van der Waals surface area contributed by atoms with E-state index < -0.39 is 0 Å². The molecule has 0 aliphatic rings. The summed E-state index contributed by atoms with van der Waals surface area (Å²) in [7, 11) is 0. The normalized spacial score (nSPS) is 10.9. The second-order valence-corrected chi connectivity index (χ2v) is 11.7. The molecule has 0 atom stereocenters. The van der Waals surface area contributed by atoms with Crippen LogP contribution in [0.15, 0.2) is 79.4 Å². The fourth-order valence-electron chi connectivity index (χ4n) is 5.37. The van der Waals surface area contributed by atoms with E-state index in [1.807, 2.05) is 60.8 Å². The number of unbranched alkanes of at least 4 members (excludes halogenated alkanes) is 11. The monoisotopic (exact) mass is 667 g/mol. The van der Waals surface area contributed by atoms with Crippen molar-refractivity contribution in [1.82, 2.24) is 4.40 Å². The van der Waals surface area contributed by atoms with E-state index in [2.05, 4.69) is 39.8 Å². The molecule has 0 unspecified atom stereocenters. The number of fused-ring (bicyclic) bond motifs is 1. The van der Waals surface area contributed by atoms with Crippen molar-refractivity contribution in [1.29, 1.82) is 0 Å². The number of rotatable bonds is 19. The molecule has 0 radical (unpaired) electrons. The molecule has 2 heterocycles. The average Bonchev–Trinajstić information content (AvgIpc) is 3.40. The number of imidazole rings is 1. The van der Waals surface area contributed by atoms with Crippen LogP contribution in [0, 0.1) is 0 Å². The van der Waals surface area contributed by atoms with Gasteiger partial charge in [0, 0.05) is 16.3 Å². The third kappa shape index (κ3) is 12.0. The van der Waals surface area contributed by atoms with Crippen LogP contribution in [0.1, 0.15) is 95.1 Å². The van der Waals surface area contributed by atoms with Crippen molar-refractivity contribution >= 4 is 28.7 Å². The molecule has 232 valence electrons. The molecule has 2 aromatic carbocycles. The maximum atomic E-state index is 13.0. The Kier molecular flexibility index (Phi) is 15.7. The van der Waals surface area contributed by atoms with E-state index in [0.717, 1.165) is 34.5 Å². The van der Waals surface area contributed by atoms with Crippen molar-refractivity contribution in [2.45, 2.75) is 96.9 Å². The zero-order valence-electron chi connectivity index (χ0n) is 25.6. The number of anilines is 1. The summed E-state index contributed by atoms with van der Waals surface area (Å²) in [5.41, 5.74) is 3.76. The number of pyridine rings is 1. The number of benzene rings is 2. The van der Waals surface area contributed by atoms with E-state index in [1.54, 1.807) is 0 Å². The molecule has 0 saturated carbocycles. The molecule has 2 aromatic heterocycles. The highest BCUT2D eigenvalue weighted by molar-refractivity contribution is 6.31. The van der Waals surface area contributed by atoms with E-state index in [4.69, 9.17) is 16.3 Å². The highest BCUT2D eigenvalue weighted by Gasteiger charge is 2.13. The SMILES string of the molecule is CCCCCCCCCCCCCCOc1ccc(CC(=O)Nc2ccccc2C[n+]2cc3ccccn3c2)c(Cl)c1.[Br-]. The number of nitrogens with zero attached hydrogens (tertiary/aromatic N) is 2. The van der Waals surface area contributed by atoms with E-state index in [-0.39, 0.29) is 29.3 Å². The lowest BCUT2D eigenvalue weighted by Gasteiger charge is -2.12. The summed E-state index contributed by atoms with van der Waals surface area (Å²) in [6, 6.07) is 19.7. The number of aromatic nitrogens is 2. The fourth-order valence-corrected chi connectivity index (χ4v) is 5.61. The molecule has 43 heavy (non-hydrogen) atoms. The van der Waals surface area contributed by atoms with Crippen LogP contribution in [0.4, 0.5) is 5.69 Å². The van der Waals surface area contributed by atoms with Gasteiger partial charge in [0.05, 0.1) is 19.2 Å². The molecule has 0 spiro atoms. The third-order valence-electron chi connectivity index (χ3n) is 7.78. The van der Waals surface area contributed by atoms with Gasteiger partial charge in [0.25, 0.3) is 0 Å². The lowest BCUT2D eigenvalue weighted by Crippen LogP contribution is -3.00. The quantitative estimate of drug-likeness (QED) is 0.0957. The minimum absolute atomic E-state index is 0. The number of halogens is 2. The highest BCUT2D eigenvalue weighted by atomic mass is 79.9. The summed E-state index contributed by atoms with van der Waals surface area (Å²) in [5.74, 6) is 0.663. The predicted molar refractivity (Wildman–Crippen MR) is 173 cm³/mol. The number of nitrogens with one attached hydrogen (secondary N) is 1. The van der Waals surface area contributed by atoms with Gasteiger partial charge in [0.2, 0.25) is 12.2 Å². The fraction of sp³-hybridized carbons (Fsp3) is 0.444. The number of amides is 1. The Morgan fingerprint density at radius 1 is 0.837 bits per heavy atom. The number of ether oxygens (including phenoxy) is 1. The number of hydrogen-bond donors (Lipinski definition) is 1. The average molecular weight is 669 g/mol. The topological polar surface area (TPSA) is 46.6 Å². The number of hydrogen-bond acceptors (Lipinski definition) is 2. The minimum Gasteiger partial charge on any atom is -1.00 e. The standard InChI is InChI=1S/C36H46ClN3O2.BrH/c1-2-3-4-5-6-7-8-9-10-11-12-17-24-42-33-22-21-30(34(37)26-33)25-36(41)38-35-20-14-13-18-31(35)27-39-28-32-19-15-16-23-40(32)29-39;/h13-16,18-23,26,28-29H,2-12,17,24-25,27H2,1H3;1H. The van der Waals surface area contributed by atoms with Crippen LogP contribution >= 0.6 is 11.6 Å². The van der Waals surface area contributed by atoms with Crippen molar-refractivity contribution in [3.05, 3.63) is 95.5 Å². The largest absolute Gasteiger partial charge is 1.00 e. The Labute approximate surface area is 273 Å². The van der Waals surface area contributed by atoms with Gasteiger partial charge in [-0.15, -0.1) is 0 Å². The molecule has 0 aliphatic carbocycles. The first kappa shape index (κ1) is 34.7. The van der Waals surface area contributed by atoms with Gasteiger partial charge in [0.15, 0.2) is 5.52 Å². The maximum Gasteiger partial charge on any atom is 0.249 e. The molecule has 7 heteroatoms. The second-order valence-electron chi connectivity index (χ2n) is 11.3. The molecular formula is C36H47BrClN3O2. The first-order chi connectivity index (χ1) is 20.6. The van der Waals surface area contributed by atoms with Crippen LogP contribution in [-0.4, -0.2) is 16.9 Å². The van der Waals surface area contributed by atoms with Crippen LogP contribution in [-0.2, 0) is 17.8 Å². The number of carbonyl (C=O) groups is 1. The number of para-hydroxylation sites is 1. The highest BCUT2D eigenvalue weighted by Crippen LogP contribution is 2.24. The van der Waals surface area contributed by atoms with Crippen molar-refractivity contribution < 1.29 is 31.1 Å². The van der Waals surface area contributed by atoms with Crippen molar-refractivity contribution in [3.63, 3.8) is 0 Å². The zero-order chi connectivity index (χ0) is 29.4. The van der Waals surface area contributed by atoms with Gasteiger partial charge in [-0.3, -0.25) is 4.79 Å². The van der Waals surface area contributed by atoms with Crippen LogP contribution in [0.2, 0.25) is 5.02 Å². The van der Waals surface area contributed by atoms with Crippen LogP contribution < -0.4 is 31.6 Å². The summed E-state index contributed by atoms with van der Waals surface area (Å²) in [6.07, 6.45) is 22.3. The van der Waals surface area contributed by atoms with Crippen molar-refractivity contribution in [2.75, 3.05) is 11.9 Å². The summed E-state index contributed by atoms with van der Waals surface area (Å²) >= 11 is 6.55. The lowest BCUT2D eigenvalue weighted by atomic mass is 10.1. The smallest absolute Gasteiger partial charge is 0.249 e. The van der Waals surface area contributed by atoms with E-state index in [9.17, 15) is 4.79 Å².